The normalized spacial score (nSPS) is 17.3. The Morgan fingerprint density at radius 2 is 1.89 bits per heavy atom. The van der Waals surface area contributed by atoms with Gasteiger partial charge in [0.1, 0.15) is 0 Å². The molecular weight excluding hydrogens is 226 g/mol. The summed E-state index contributed by atoms with van der Waals surface area (Å²) in [7, 11) is 0. The molecule has 2 rings (SSSR count). The number of carbonyl (C=O) groups is 1. The highest BCUT2D eigenvalue weighted by Crippen LogP contribution is 2.19. The number of nitrogens with zero attached hydrogens (tertiary/aromatic N) is 1. The lowest BCUT2D eigenvalue weighted by molar-refractivity contribution is 0.129. The molecule has 1 aromatic carbocycles. The number of allylic oxidation sites excluding steroid dienone is 1. The zero-order valence-electron chi connectivity index (χ0n) is 10.7. The lowest BCUT2D eigenvalue weighted by atomic mass is 9.96. The first-order valence-corrected chi connectivity index (χ1v) is 6.38. The van der Waals surface area contributed by atoms with E-state index in [0.717, 1.165) is 12.8 Å². The van der Waals surface area contributed by atoms with Crippen LogP contribution >= 0.6 is 0 Å². The van der Waals surface area contributed by atoms with E-state index in [0.29, 0.717) is 19.0 Å². The summed E-state index contributed by atoms with van der Waals surface area (Å²) >= 11 is 0. The first-order valence-electron chi connectivity index (χ1n) is 6.38. The van der Waals surface area contributed by atoms with Gasteiger partial charge in [-0.15, -0.1) is 0 Å². The fraction of sp³-hybridized carbons (Fsp3) is 0.400. The molecule has 0 radical (unpaired) electrons. The van der Waals surface area contributed by atoms with Crippen LogP contribution in [0, 0.1) is 12.8 Å². The van der Waals surface area contributed by atoms with Gasteiger partial charge < -0.3 is 10.0 Å². The van der Waals surface area contributed by atoms with Crippen LogP contribution < -0.4 is 0 Å². The van der Waals surface area contributed by atoms with Crippen LogP contribution in [0.25, 0.3) is 6.08 Å². The van der Waals surface area contributed by atoms with Crippen LogP contribution in [0.3, 0.4) is 0 Å². The van der Waals surface area contributed by atoms with Gasteiger partial charge in [-0.05, 0) is 31.2 Å². The highest BCUT2D eigenvalue weighted by molar-refractivity contribution is 5.65. The molecule has 0 atom stereocenters. The zero-order chi connectivity index (χ0) is 13.0. The molecule has 1 aliphatic heterocycles. The molecule has 1 aliphatic rings. The Labute approximate surface area is 108 Å². The van der Waals surface area contributed by atoms with Crippen LogP contribution in [0.5, 0.6) is 0 Å². The van der Waals surface area contributed by atoms with Crippen molar-refractivity contribution in [2.45, 2.75) is 19.8 Å². The average molecular weight is 245 g/mol. The number of piperidine rings is 1. The van der Waals surface area contributed by atoms with Gasteiger partial charge in [0.25, 0.3) is 0 Å². The molecule has 0 aliphatic carbocycles. The van der Waals surface area contributed by atoms with Crippen molar-refractivity contribution >= 4 is 12.2 Å². The summed E-state index contributed by atoms with van der Waals surface area (Å²) < 4.78 is 0. The number of hydrogen-bond acceptors (Lipinski definition) is 1. The lowest BCUT2D eigenvalue weighted by Gasteiger charge is -2.28. The smallest absolute Gasteiger partial charge is 0.407 e. The summed E-state index contributed by atoms with van der Waals surface area (Å²) in [6, 6.07) is 8.43. The number of aryl methyl sites for hydroxylation is 1. The lowest BCUT2D eigenvalue weighted by Crippen LogP contribution is -2.36. The quantitative estimate of drug-likeness (QED) is 0.867. The fourth-order valence-electron chi connectivity index (χ4n) is 2.21. The van der Waals surface area contributed by atoms with Crippen molar-refractivity contribution in [1.82, 2.24) is 4.90 Å². The van der Waals surface area contributed by atoms with Crippen molar-refractivity contribution < 1.29 is 9.90 Å². The van der Waals surface area contributed by atoms with E-state index in [9.17, 15) is 4.79 Å². The van der Waals surface area contributed by atoms with E-state index in [2.05, 4.69) is 43.3 Å². The maximum absolute atomic E-state index is 10.8. The van der Waals surface area contributed by atoms with Crippen molar-refractivity contribution in [2.75, 3.05) is 13.1 Å². The summed E-state index contributed by atoms with van der Waals surface area (Å²) in [5.74, 6) is 0.502. The predicted octanol–water partition coefficient (Wildman–Crippen LogP) is 3.40. The third kappa shape index (κ3) is 3.36. The van der Waals surface area contributed by atoms with E-state index in [1.165, 1.54) is 16.0 Å². The van der Waals surface area contributed by atoms with Crippen molar-refractivity contribution in [3.05, 3.63) is 41.5 Å². The van der Waals surface area contributed by atoms with E-state index in [-0.39, 0.29) is 0 Å². The number of hydrogen-bond donors (Lipinski definition) is 1. The van der Waals surface area contributed by atoms with Crippen LogP contribution in [0.15, 0.2) is 30.3 Å². The van der Waals surface area contributed by atoms with Gasteiger partial charge in [-0.1, -0.05) is 42.0 Å². The minimum atomic E-state index is -0.795. The molecule has 1 saturated heterocycles. The van der Waals surface area contributed by atoms with Crippen LogP contribution in [0.4, 0.5) is 4.79 Å². The largest absolute Gasteiger partial charge is 0.465 e. The van der Waals surface area contributed by atoms with Crippen molar-refractivity contribution in [2.24, 2.45) is 5.92 Å². The molecule has 1 fully saturated rings. The molecule has 3 nitrogen and oxygen atoms in total. The molecule has 1 amide bonds. The summed E-state index contributed by atoms with van der Waals surface area (Å²) in [4.78, 5) is 12.3. The Kier molecular flexibility index (Phi) is 4.03. The fourth-order valence-corrected chi connectivity index (χ4v) is 2.21. The molecule has 1 aromatic rings. The number of carboxylic acid groups (broad SMARTS) is 1. The number of amides is 1. The van der Waals surface area contributed by atoms with E-state index < -0.39 is 6.09 Å². The Hall–Kier alpha value is -1.77. The van der Waals surface area contributed by atoms with Gasteiger partial charge >= 0.3 is 6.09 Å². The van der Waals surface area contributed by atoms with Gasteiger partial charge in [0.05, 0.1) is 0 Å². The Morgan fingerprint density at radius 1 is 1.28 bits per heavy atom. The molecule has 0 unspecified atom stereocenters. The zero-order valence-corrected chi connectivity index (χ0v) is 10.7. The summed E-state index contributed by atoms with van der Waals surface area (Å²) in [5, 5.41) is 8.87. The second kappa shape index (κ2) is 5.71. The van der Waals surface area contributed by atoms with E-state index in [4.69, 9.17) is 5.11 Å². The topological polar surface area (TPSA) is 40.5 Å². The van der Waals surface area contributed by atoms with Gasteiger partial charge in [-0.2, -0.15) is 0 Å². The van der Waals surface area contributed by atoms with Crippen LogP contribution in [0.1, 0.15) is 24.0 Å². The minimum Gasteiger partial charge on any atom is -0.465 e. The summed E-state index contributed by atoms with van der Waals surface area (Å²) in [6.07, 6.45) is 5.41. The first kappa shape index (κ1) is 12.7. The maximum Gasteiger partial charge on any atom is 0.407 e. The highest BCUT2D eigenvalue weighted by atomic mass is 16.4. The average Bonchev–Trinajstić information content (AvgIpc) is 2.38. The van der Waals surface area contributed by atoms with Crippen LogP contribution in [0.2, 0.25) is 0 Å². The Morgan fingerprint density at radius 3 is 2.44 bits per heavy atom. The second-order valence-electron chi connectivity index (χ2n) is 4.88. The molecule has 1 heterocycles. The molecule has 1 N–H and O–H groups in total. The first-order chi connectivity index (χ1) is 8.65. The molecule has 0 spiro atoms. The number of benzene rings is 1. The molecule has 0 saturated carbocycles. The number of rotatable bonds is 2. The standard InChI is InChI=1S/C15H19NO2/c1-12-2-4-13(5-3-12)6-7-14-8-10-16(11-9-14)15(17)18/h2-7,14H,8-11H2,1H3,(H,17,18). The Balaban J connectivity index is 1.87. The SMILES string of the molecule is Cc1ccc(C=CC2CCN(C(=O)O)CC2)cc1. The van der Waals surface area contributed by atoms with E-state index in [1.54, 1.807) is 0 Å². The van der Waals surface area contributed by atoms with Crippen molar-refractivity contribution in [3.8, 4) is 0 Å². The third-order valence-corrected chi connectivity index (χ3v) is 3.45. The van der Waals surface area contributed by atoms with Crippen molar-refractivity contribution in [1.29, 1.82) is 0 Å². The van der Waals surface area contributed by atoms with Gasteiger partial charge in [-0.3, -0.25) is 0 Å². The van der Waals surface area contributed by atoms with E-state index >= 15 is 0 Å². The molecule has 96 valence electrons. The van der Waals surface area contributed by atoms with Gasteiger partial charge in [0.15, 0.2) is 0 Å². The molecule has 0 bridgehead atoms. The molecule has 0 aromatic heterocycles. The predicted molar refractivity (Wildman–Crippen MR) is 72.5 cm³/mol. The second-order valence-corrected chi connectivity index (χ2v) is 4.88. The minimum absolute atomic E-state index is 0.502. The van der Waals surface area contributed by atoms with Crippen LogP contribution in [-0.4, -0.2) is 29.2 Å². The van der Waals surface area contributed by atoms with Gasteiger partial charge in [-0.25, -0.2) is 4.79 Å². The number of likely N-dealkylation sites (tertiary alicyclic amines) is 1. The van der Waals surface area contributed by atoms with Crippen LogP contribution in [-0.2, 0) is 0 Å². The molecule has 18 heavy (non-hydrogen) atoms. The van der Waals surface area contributed by atoms with E-state index in [1.807, 2.05) is 0 Å². The van der Waals surface area contributed by atoms with Crippen molar-refractivity contribution in [3.63, 3.8) is 0 Å². The third-order valence-electron chi connectivity index (χ3n) is 3.45. The van der Waals surface area contributed by atoms with Gasteiger partial charge in [0, 0.05) is 13.1 Å². The van der Waals surface area contributed by atoms with Gasteiger partial charge in [0.2, 0.25) is 0 Å². The highest BCUT2D eigenvalue weighted by Gasteiger charge is 2.20. The monoisotopic (exact) mass is 245 g/mol. The summed E-state index contributed by atoms with van der Waals surface area (Å²) in [5.41, 5.74) is 2.48. The maximum atomic E-state index is 10.8. The Bertz CT molecular complexity index is 428. The molecule has 3 heteroatoms. The molecular formula is C15H19NO2. The summed E-state index contributed by atoms with van der Waals surface area (Å²) in [6.45, 7) is 3.38.